The van der Waals surface area contributed by atoms with Crippen LogP contribution in [0, 0.1) is 0 Å². The molecule has 140 valence electrons. The summed E-state index contributed by atoms with van der Waals surface area (Å²) in [7, 11) is 0. The molecule has 1 saturated carbocycles. The Labute approximate surface area is 144 Å². The highest BCUT2D eigenvalue weighted by Crippen LogP contribution is 2.42. The third-order valence-corrected chi connectivity index (χ3v) is 4.47. The van der Waals surface area contributed by atoms with Gasteiger partial charge >= 0.3 is 6.18 Å². The third-order valence-electron chi connectivity index (χ3n) is 4.47. The Morgan fingerprint density at radius 2 is 2.04 bits per heavy atom. The number of morpholine rings is 1. The number of aromatic nitrogens is 2. The van der Waals surface area contributed by atoms with Crippen LogP contribution in [0.25, 0.3) is 0 Å². The summed E-state index contributed by atoms with van der Waals surface area (Å²) in [6, 6.07) is 1.07. The summed E-state index contributed by atoms with van der Waals surface area (Å²) in [5.41, 5.74) is -0.412. The molecule has 0 aromatic carbocycles. The van der Waals surface area contributed by atoms with Crippen LogP contribution in [0.1, 0.15) is 36.6 Å². The lowest BCUT2D eigenvalue weighted by Crippen LogP contribution is -2.38. The van der Waals surface area contributed by atoms with E-state index in [-0.39, 0.29) is 18.4 Å². The topological polar surface area (TPSA) is 59.4 Å². The van der Waals surface area contributed by atoms with Crippen molar-refractivity contribution in [2.24, 2.45) is 0 Å². The van der Waals surface area contributed by atoms with Crippen molar-refractivity contribution in [1.29, 1.82) is 0 Å². The molecular weight excluding hydrogens is 337 g/mol. The van der Waals surface area contributed by atoms with E-state index in [1.54, 1.807) is 0 Å². The van der Waals surface area contributed by atoms with Crippen molar-refractivity contribution in [3.05, 3.63) is 17.5 Å². The number of nitrogens with one attached hydrogen (secondary N) is 1. The Morgan fingerprint density at radius 1 is 1.32 bits per heavy atom. The van der Waals surface area contributed by atoms with Crippen LogP contribution in [0.4, 0.5) is 13.2 Å². The molecular formula is C16H23F3N4O2. The summed E-state index contributed by atoms with van der Waals surface area (Å²) in [6.45, 7) is 4.46. The largest absolute Gasteiger partial charge is 0.435 e. The van der Waals surface area contributed by atoms with E-state index in [0.717, 1.165) is 58.2 Å². The SMILES string of the molecule is O=C(Cn1nc(C(F)(F)F)cc1C1CC1)NCCCN1CCOCC1. The van der Waals surface area contributed by atoms with Gasteiger partial charge in [-0.25, -0.2) is 0 Å². The van der Waals surface area contributed by atoms with Crippen molar-refractivity contribution >= 4 is 5.91 Å². The van der Waals surface area contributed by atoms with Gasteiger partial charge in [0.1, 0.15) is 6.54 Å². The number of carbonyl (C=O) groups excluding carboxylic acids is 1. The van der Waals surface area contributed by atoms with Crippen LogP contribution < -0.4 is 5.32 Å². The van der Waals surface area contributed by atoms with Gasteiger partial charge in [0, 0.05) is 31.2 Å². The zero-order valence-corrected chi connectivity index (χ0v) is 14.0. The quantitative estimate of drug-likeness (QED) is 0.751. The minimum atomic E-state index is -4.48. The van der Waals surface area contributed by atoms with Crippen LogP contribution in [-0.2, 0) is 22.3 Å². The van der Waals surface area contributed by atoms with Crippen molar-refractivity contribution in [3.8, 4) is 0 Å². The van der Waals surface area contributed by atoms with Crippen LogP contribution in [0.5, 0.6) is 0 Å². The summed E-state index contributed by atoms with van der Waals surface area (Å²) in [5, 5.41) is 6.36. The minimum absolute atomic E-state index is 0.0951. The second kappa shape index (κ2) is 7.74. The molecule has 0 atom stereocenters. The molecule has 2 aliphatic rings. The van der Waals surface area contributed by atoms with Crippen molar-refractivity contribution < 1.29 is 22.7 Å². The van der Waals surface area contributed by atoms with Crippen LogP contribution in [0.3, 0.4) is 0 Å². The van der Waals surface area contributed by atoms with Crippen molar-refractivity contribution in [2.75, 3.05) is 39.4 Å². The monoisotopic (exact) mass is 360 g/mol. The second-order valence-electron chi connectivity index (χ2n) is 6.54. The Bertz CT molecular complexity index is 593. The zero-order valence-electron chi connectivity index (χ0n) is 14.0. The second-order valence-corrected chi connectivity index (χ2v) is 6.54. The van der Waals surface area contributed by atoms with Gasteiger partial charge in [-0.1, -0.05) is 0 Å². The number of amides is 1. The van der Waals surface area contributed by atoms with Crippen molar-refractivity contribution in [3.63, 3.8) is 0 Å². The highest BCUT2D eigenvalue weighted by atomic mass is 19.4. The first-order chi connectivity index (χ1) is 11.9. The molecule has 1 N–H and O–H groups in total. The fourth-order valence-corrected chi connectivity index (χ4v) is 2.95. The van der Waals surface area contributed by atoms with Gasteiger partial charge in [-0.2, -0.15) is 18.3 Å². The first-order valence-electron chi connectivity index (χ1n) is 8.65. The molecule has 1 aliphatic heterocycles. The zero-order chi connectivity index (χ0) is 17.9. The van der Waals surface area contributed by atoms with E-state index < -0.39 is 11.9 Å². The molecule has 6 nitrogen and oxygen atoms in total. The molecule has 0 radical (unpaired) electrons. The van der Waals surface area contributed by atoms with Crippen LogP contribution in [0.15, 0.2) is 6.07 Å². The predicted molar refractivity (Wildman–Crippen MR) is 84.1 cm³/mol. The number of alkyl halides is 3. The summed E-state index contributed by atoms with van der Waals surface area (Å²) in [5.74, 6) is -0.210. The van der Waals surface area contributed by atoms with Gasteiger partial charge in [0.25, 0.3) is 0 Å². The number of ether oxygens (including phenoxy) is 1. The number of hydrogen-bond donors (Lipinski definition) is 1. The van der Waals surface area contributed by atoms with Crippen LogP contribution >= 0.6 is 0 Å². The lowest BCUT2D eigenvalue weighted by atomic mass is 10.2. The van der Waals surface area contributed by atoms with E-state index >= 15 is 0 Å². The van der Waals surface area contributed by atoms with Crippen molar-refractivity contribution in [2.45, 2.75) is 37.9 Å². The van der Waals surface area contributed by atoms with E-state index in [9.17, 15) is 18.0 Å². The summed E-state index contributed by atoms with van der Waals surface area (Å²) in [4.78, 5) is 14.3. The standard InChI is InChI=1S/C16H23F3N4O2/c17-16(18,19)14-10-13(12-2-3-12)23(21-14)11-15(24)20-4-1-5-22-6-8-25-9-7-22/h10,12H,1-9,11H2,(H,20,24). The van der Waals surface area contributed by atoms with Gasteiger partial charge in [-0.3, -0.25) is 14.4 Å². The molecule has 1 aromatic rings. The van der Waals surface area contributed by atoms with Crippen molar-refractivity contribution in [1.82, 2.24) is 20.0 Å². The van der Waals surface area contributed by atoms with Gasteiger partial charge in [-0.15, -0.1) is 0 Å². The number of carbonyl (C=O) groups is 1. The van der Waals surface area contributed by atoms with E-state index in [0.29, 0.717) is 12.2 Å². The molecule has 1 aliphatic carbocycles. The Morgan fingerprint density at radius 3 is 2.68 bits per heavy atom. The Balaban J connectivity index is 1.46. The van der Waals surface area contributed by atoms with E-state index in [2.05, 4.69) is 15.3 Å². The molecule has 2 heterocycles. The fourth-order valence-electron chi connectivity index (χ4n) is 2.95. The van der Waals surface area contributed by atoms with Gasteiger partial charge in [0.2, 0.25) is 5.91 Å². The molecule has 3 rings (SSSR count). The fraction of sp³-hybridized carbons (Fsp3) is 0.750. The average molecular weight is 360 g/mol. The molecule has 0 spiro atoms. The maximum atomic E-state index is 12.8. The van der Waals surface area contributed by atoms with Gasteiger partial charge in [-0.05, 0) is 31.9 Å². The molecule has 1 aromatic heterocycles. The van der Waals surface area contributed by atoms with E-state index in [4.69, 9.17) is 4.74 Å². The summed E-state index contributed by atoms with van der Waals surface area (Å²) in [6.07, 6.45) is -1.98. The lowest BCUT2D eigenvalue weighted by molar-refractivity contribution is -0.141. The van der Waals surface area contributed by atoms with Gasteiger partial charge < -0.3 is 10.1 Å². The highest BCUT2D eigenvalue weighted by Gasteiger charge is 2.38. The number of hydrogen-bond acceptors (Lipinski definition) is 4. The summed E-state index contributed by atoms with van der Waals surface area (Å²) >= 11 is 0. The maximum Gasteiger partial charge on any atom is 0.435 e. The average Bonchev–Trinajstić information content (AvgIpc) is 3.32. The first kappa shape index (κ1) is 18.2. The summed E-state index contributed by atoms with van der Waals surface area (Å²) < 4.78 is 45.0. The molecule has 1 saturated heterocycles. The number of rotatable bonds is 7. The van der Waals surface area contributed by atoms with E-state index in [1.807, 2.05) is 0 Å². The molecule has 25 heavy (non-hydrogen) atoms. The van der Waals surface area contributed by atoms with Gasteiger partial charge in [0.15, 0.2) is 5.69 Å². The molecule has 2 fully saturated rings. The minimum Gasteiger partial charge on any atom is -0.379 e. The molecule has 0 bridgehead atoms. The van der Waals surface area contributed by atoms with E-state index in [1.165, 1.54) is 4.68 Å². The lowest BCUT2D eigenvalue weighted by Gasteiger charge is -2.26. The van der Waals surface area contributed by atoms with Crippen LogP contribution in [-0.4, -0.2) is 60.0 Å². The maximum absolute atomic E-state index is 12.8. The molecule has 1 amide bonds. The Hall–Kier alpha value is -1.61. The normalized spacial score (nSPS) is 19.2. The third kappa shape index (κ3) is 5.18. The van der Waals surface area contributed by atoms with Crippen LogP contribution in [0.2, 0.25) is 0 Å². The predicted octanol–water partition coefficient (Wildman–Crippen LogP) is 1.62. The first-order valence-corrected chi connectivity index (χ1v) is 8.65. The number of nitrogens with zero attached hydrogens (tertiary/aromatic N) is 3. The molecule has 0 unspecified atom stereocenters. The number of halogens is 3. The molecule has 9 heteroatoms. The Kier molecular flexibility index (Phi) is 5.63. The highest BCUT2D eigenvalue weighted by molar-refractivity contribution is 5.75. The smallest absolute Gasteiger partial charge is 0.379 e. The van der Waals surface area contributed by atoms with Gasteiger partial charge in [0.05, 0.1) is 13.2 Å².